The smallest absolute Gasteiger partial charge is 0.361 e. The van der Waals surface area contributed by atoms with E-state index in [1.165, 1.54) is 0 Å². The molecule has 1 fully saturated rings. The van der Waals surface area contributed by atoms with Crippen LogP contribution in [-0.4, -0.2) is 45.5 Å². The Kier molecular flexibility index (Phi) is 3.38. The summed E-state index contributed by atoms with van der Waals surface area (Å²) < 4.78 is 5.34. The predicted molar refractivity (Wildman–Crippen MR) is 66.2 cm³/mol. The van der Waals surface area contributed by atoms with Gasteiger partial charge in [-0.05, 0) is 47.2 Å². The molecule has 1 aromatic rings. The lowest BCUT2D eigenvalue weighted by Gasteiger charge is -2.20. The Morgan fingerprint density at radius 1 is 1.44 bits per heavy atom. The zero-order valence-corrected chi connectivity index (χ0v) is 11.4. The molecule has 0 radical (unpaired) electrons. The summed E-state index contributed by atoms with van der Waals surface area (Å²) in [4.78, 5) is 14.2. The molecular weight excluding hydrogens is 232 g/mol. The van der Waals surface area contributed by atoms with Gasteiger partial charge in [0.05, 0.1) is 6.04 Å². The molecule has 1 unspecified atom stereocenters. The molecule has 2 rings (SSSR count). The van der Waals surface area contributed by atoms with Crippen LogP contribution < -0.4 is 0 Å². The van der Waals surface area contributed by atoms with Crippen molar-refractivity contribution in [1.29, 1.82) is 0 Å². The number of ether oxygens (including phenoxy) is 1. The van der Waals surface area contributed by atoms with Gasteiger partial charge in [-0.2, -0.15) is 10.3 Å². The lowest BCUT2D eigenvalue weighted by atomic mass is 10.1. The molecule has 0 bridgehead atoms. The third-order valence-corrected chi connectivity index (χ3v) is 3.00. The molecule has 1 saturated heterocycles. The van der Waals surface area contributed by atoms with Gasteiger partial charge in [0.2, 0.25) is 0 Å². The third kappa shape index (κ3) is 2.69. The van der Waals surface area contributed by atoms with E-state index in [0.717, 1.165) is 19.4 Å². The van der Waals surface area contributed by atoms with Crippen LogP contribution in [0.3, 0.4) is 0 Å². The highest BCUT2D eigenvalue weighted by atomic mass is 16.6. The van der Waals surface area contributed by atoms with Gasteiger partial charge in [0, 0.05) is 0 Å². The van der Waals surface area contributed by atoms with E-state index in [9.17, 15) is 4.79 Å². The minimum atomic E-state index is -0.519. The fraction of sp³-hybridized carbons (Fsp3) is 0.750. The van der Waals surface area contributed by atoms with Gasteiger partial charge >= 0.3 is 5.97 Å². The Labute approximate surface area is 107 Å². The van der Waals surface area contributed by atoms with Crippen LogP contribution in [0.5, 0.6) is 0 Å². The van der Waals surface area contributed by atoms with E-state index in [-0.39, 0.29) is 6.04 Å². The summed E-state index contributed by atoms with van der Waals surface area (Å²) in [5.41, 5.74) is 0.488. The normalized spacial score (nSPS) is 21.2. The molecule has 1 aliphatic rings. The third-order valence-electron chi connectivity index (χ3n) is 3.00. The number of hydrogen-bond donors (Lipinski definition) is 1. The number of esters is 1. The molecule has 1 N–H and O–H groups in total. The molecule has 2 heterocycles. The maximum absolute atomic E-state index is 12.0. The highest BCUT2D eigenvalue weighted by molar-refractivity contribution is 5.88. The van der Waals surface area contributed by atoms with Crippen LogP contribution in [0.2, 0.25) is 0 Å². The van der Waals surface area contributed by atoms with Crippen molar-refractivity contribution >= 4 is 5.97 Å². The largest absolute Gasteiger partial charge is 0.455 e. The zero-order valence-electron chi connectivity index (χ0n) is 11.4. The molecule has 1 aromatic heterocycles. The topological polar surface area (TPSA) is 71.1 Å². The van der Waals surface area contributed by atoms with Gasteiger partial charge in [-0.25, -0.2) is 4.79 Å². The first-order chi connectivity index (χ1) is 8.38. The quantitative estimate of drug-likeness (QED) is 0.808. The van der Waals surface area contributed by atoms with Crippen LogP contribution in [-0.2, 0) is 4.74 Å². The first-order valence-corrected chi connectivity index (χ1v) is 6.23. The summed E-state index contributed by atoms with van der Waals surface area (Å²) in [6.45, 7) is 6.54. The molecule has 0 aromatic carbocycles. The molecule has 1 atom stereocenters. The lowest BCUT2D eigenvalue weighted by molar-refractivity contribution is 0.00600. The van der Waals surface area contributed by atoms with Gasteiger partial charge in [0.15, 0.2) is 5.69 Å². The summed E-state index contributed by atoms with van der Waals surface area (Å²) in [6.07, 6.45) is 2.11. The number of nitrogens with zero attached hydrogens (tertiary/aromatic N) is 3. The Bertz CT molecular complexity index is 436. The van der Waals surface area contributed by atoms with E-state index >= 15 is 0 Å². The van der Waals surface area contributed by atoms with Crippen LogP contribution in [0.1, 0.15) is 55.8 Å². The van der Waals surface area contributed by atoms with Crippen LogP contribution >= 0.6 is 0 Å². The van der Waals surface area contributed by atoms with Crippen LogP contribution in [0.25, 0.3) is 0 Å². The number of aromatic nitrogens is 3. The number of rotatable bonds is 2. The Morgan fingerprint density at radius 3 is 2.72 bits per heavy atom. The standard InChI is InChI=1S/C12H20N4O2/c1-12(2,3)18-11(17)10-9(13-15-14-10)8-6-5-7-16(8)4/h8H,5-7H2,1-4H3,(H,13,14,15). The highest BCUT2D eigenvalue weighted by Gasteiger charge is 2.32. The fourth-order valence-electron chi connectivity index (χ4n) is 2.20. The van der Waals surface area contributed by atoms with E-state index in [4.69, 9.17) is 4.74 Å². The minimum Gasteiger partial charge on any atom is -0.455 e. The van der Waals surface area contributed by atoms with Crippen molar-refractivity contribution in [3.05, 3.63) is 11.4 Å². The van der Waals surface area contributed by atoms with Gasteiger partial charge in [0.25, 0.3) is 0 Å². The van der Waals surface area contributed by atoms with Crippen LogP contribution in [0.4, 0.5) is 0 Å². The van der Waals surface area contributed by atoms with E-state index < -0.39 is 11.6 Å². The summed E-state index contributed by atoms with van der Waals surface area (Å²) in [5.74, 6) is -0.411. The molecule has 18 heavy (non-hydrogen) atoms. The van der Waals surface area contributed by atoms with Gasteiger partial charge in [-0.15, -0.1) is 5.10 Å². The Balaban J connectivity index is 2.20. The molecule has 100 valence electrons. The van der Waals surface area contributed by atoms with Crippen molar-refractivity contribution < 1.29 is 9.53 Å². The second-order valence-corrected chi connectivity index (χ2v) is 5.70. The highest BCUT2D eigenvalue weighted by Crippen LogP contribution is 2.30. The van der Waals surface area contributed by atoms with Crippen LogP contribution in [0, 0.1) is 0 Å². The zero-order chi connectivity index (χ0) is 13.3. The summed E-state index contributed by atoms with van der Waals surface area (Å²) in [7, 11) is 2.03. The van der Waals surface area contributed by atoms with Crippen LogP contribution in [0.15, 0.2) is 0 Å². The second-order valence-electron chi connectivity index (χ2n) is 5.70. The van der Waals surface area contributed by atoms with E-state index in [2.05, 4.69) is 20.3 Å². The van der Waals surface area contributed by atoms with E-state index in [1.54, 1.807) is 0 Å². The molecule has 6 nitrogen and oxygen atoms in total. The monoisotopic (exact) mass is 252 g/mol. The molecule has 1 aliphatic heterocycles. The molecule has 0 saturated carbocycles. The molecule has 6 heteroatoms. The van der Waals surface area contributed by atoms with Crippen molar-refractivity contribution in [2.24, 2.45) is 0 Å². The van der Waals surface area contributed by atoms with Gasteiger partial charge in [-0.1, -0.05) is 0 Å². The second kappa shape index (κ2) is 4.68. The van der Waals surface area contributed by atoms with E-state index in [0.29, 0.717) is 11.4 Å². The lowest BCUT2D eigenvalue weighted by Crippen LogP contribution is -2.26. The summed E-state index contributed by atoms with van der Waals surface area (Å²) in [6, 6.07) is 0.159. The number of nitrogens with one attached hydrogen (secondary N) is 1. The predicted octanol–water partition coefficient (Wildman–Crippen LogP) is 1.53. The summed E-state index contributed by atoms with van der Waals surface area (Å²) >= 11 is 0. The first-order valence-electron chi connectivity index (χ1n) is 6.23. The first kappa shape index (κ1) is 13.0. The van der Waals surface area contributed by atoms with Crippen molar-refractivity contribution in [3.63, 3.8) is 0 Å². The number of carbonyl (C=O) groups excluding carboxylic acids is 1. The van der Waals surface area contributed by atoms with Gasteiger partial charge in [-0.3, -0.25) is 4.90 Å². The van der Waals surface area contributed by atoms with Gasteiger partial charge < -0.3 is 4.74 Å². The molecule has 0 amide bonds. The number of H-pyrrole nitrogens is 1. The summed E-state index contributed by atoms with van der Waals surface area (Å²) in [5, 5.41) is 10.6. The maximum atomic E-state index is 12.0. The Hall–Kier alpha value is -1.43. The fourth-order valence-corrected chi connectivity index (χ4v) is 2.20. The number of likely N-dealkylation sites (tertiary alicyclic amines) is 1. The molecule has 0 aliphatic carbocycles. The van der Waals surface area contributed by atoms with Crippen molar-refractivity contribution in [2.45, 2.75) is 45.3 Å². The van der Waals surface area contributed by atoms with Gasteiger partial charge in [0.1, 0.15) is 11.3 Å². The Morgan fingerprint density at radius 2 is 2.17 bits per heavy atom. The average Bonchev–Trinajstić information content (AvgIpc) is 2.82. The SMILES string of the molecule is CN1CCCC1c1n[nH]nc1C(=O)OC(C)(C)C. The van der Waals surface area contributed by atoms with Crippen molar-refractivity contribution in [3.8, 4) is 0 Å². The minimum absolute atomic E-state index is 0.159. The maximum Gasteiger partial charge on any atom is 0.361 e. The van der Waals surface area contributed by atoms with E-state index in [1.807, 2.05) is 27.8 Å². The van der Waals surface area contributed by atoms with Crippen molar-refractivity contribution in [2.75, 3.05) is 13.6 Å². The molecule has 0 spiro atoms. The number of hydrogen-bond acceptors (Lipinski definition) is 5. The molecular formula is C12H20N4O2. The number of carbonyl (C=O) groups is 1. The average molecular weight is 252 g/mol. The van der Waals surface area contributed by atoms with Crippen molar-refractivity contribution in [1.82, 2.24) is 20.3 Å². The number of aromatic amines is 1.